The molecule has 3 heteroatoms. The maximum atomic E-state index is 13.7. The fourth-order valence-electron chi connectivity index (χ4n) is 2.70. The van der Waals surface area contributed by atoms with E-state index in [4.69, 9.17) is 11.6 Å². The van der Waals surface area contributed by atoms with Gasteiger partial charge < -0.3 is 5.11 Å². The molecule has 1 aliphatic carbocycles. The van der Waals surface area contributed by atoms with Gasteiger partial charge in [0.05, 0.1) is 6.61 Å². The van der Waals surface area contributed by atoms with E-state index in [2.05, 4.69) is 0 Å². The standard InChI is InChI=1S/C13H16ClFO/c14-11-6-3-7-12(15)13(11)10(8-16)9-4-1-2-5-9/h3,6-7,9-10,16H,1-2,4-5,8H2. The van der Waals surface area contributed by atoms with Crippen molar-refractivity contribution in [2.24, 2.45) is 5.92 Å². The van der Waals surface area contributed by atoms with Gasteiger partial charge in [0, 0.05) is 16.5 Å². The van der Waals surface area contributed by atoms with Crippen LogP contribution in [0, 0.1) is 11.7 Å². The molecule has 1 unspecified atom stereocenters. The van der Waals surface area contributed by atoms with Gasteiger partial charge in [0.15, 0.2) is 0 Å². The van der Waals surface area contributed by atoms with Crippen molar-refractivity contribution in [2.45, 2.75) is 31.6 Å². The molecule has 0 aromatic heterocycles. The van der Waals surface area contributed by atoms with E-state index >= 15 is 0 Å². The van der Waals surface area contributed by atoms with Crippen LogP contribution < -0.4 is 0 Å². The molecular weight excluding hydrogens is 227 g/mol. The molecule has 0 aliphatic heterocycles. The Morgan fingerprint density at radius 2 is 2.06 bits per heavy atom. The van der Waals surface area contributed by atoms with E-state index in [1.807, 2.05) is 0 Å². The smallest absolute Gasteiger partial charge is 0.128 e. The number of hydrogen-bond donors (Lipinski definition) is 1. The number of halogens is 2. The van der Waals surface area contributed by atoms with E-state index in [0.717, 1.165) is 12.8 Å². The van der Waals surface area contributed by atoms with Crippen molar-refractivity contribution in [1.82, 2.24) is 0 Å². The highest BCUT2D eigenvalue weighted by Gasteiger charge is 2.29. The van der Waals surface area contributed by atoms with Crippen LogP contribution in [0.4, 0.5) is 4.39 Å². The molecule has 16 heavy (non-hydrogen) atoms. The Morgan fingerprint density at radius 1 is 1.38 bits per heavy atom. The molecule has 1 aliphatic rings. The predicted molar refractivity (Wildman–Crippen MR) is 63.2 cm³/mol. The van der Waals surface area contributed by atoms with E-state index in [1.54, 1.807) is 12.1 Å². The summed E-state index contributed by atoms with van der Waals surface area (Å²) in [5.74, 6) is -0.0611. The lowest BCUT2D eigenvalue weighted by atomic mass is 9.85. The van der Waals surface area contributed by atoms with Crippen molar-refractivity contribution in [1.29, 1.82) is 0 Å². The Kier molecular flexibility index (Phi) is 3.82. The molecule has 1 nitrogen and oxygen atoms in total. The first kappa shape index (κ1) is 11.9. The molecule has 1 atom stereocenters. The molecule has 2 rings (SSSR count). The molecule has 0 radical (unpaired) electrons. The summed E-state index contributed by atoms with van der Waals surface area (Å²) in [4.78, 5) is 0. The van der Waals surface area contributed by atoms with Crippen LogP contribution in [0.2, 0.25) is 5.02 Å². The van der Waals surface area contributed by atoms with Gasteiger partial charge in [-0.15, -0.1) is 0 Å². The zero-order valence-corrected chi connectivity index (χ0v) is 9.88. The first-order valence-corrected chi connectivity index (χ1v) is 6.16. The second-order valence-electron chi connectivity index (χ2n) is 4.47. The summed E-state index contributed by atoms with van der Waals surface area (Å²) in [5.41, 5.74) is 0.499. The fraction of sp³-hybridized carbons (Fsp3) is 0.538. The highest BCUT2D eigenvalue weighted by molar-refractivity contribution is 6.31. The van der Waals surface area contributed by atoms with Crippen LogP contribution in [0.3, 0.4) is 0 Å². The lowest BCUT2D eigenvalue weighted by molar-refractivity contribution is 0.223. The van der Waals surface area contributed by atoms with Crippen LogP contribution in [-0.4, -0.2) is 11.7 Å². The summed E-state index contributed by atoms with van der Waals surface area (Å²) in [5, 5.41) is 9.90. The van der Waals surface area contributed by atoms with Gasteiger partial charge in [0.1, 0.15) is 5.82 Å². The number of benzene rings is 1. The Hall–Kier alpha value is -0.600. The first-order chi connectivity index (χ1) is 7.74. The van der Waals surface area contributed by atoms with Crippen LogP contribution in [0.15, 0.2) is 18.2 Å². The Morgan fingerprint density at radius 3 is 2.62 bits per heavy atom. The third-order valence-electron chi connectivity index (χ3n) is 3.54. The Balaban J connectivity index is 2.32. The average molecular weight is 243 g/mol. The van der Waals surface area contributed by atoms with Crippen LogP contribution in [0.5, 0.6) is 0 Å². The first-order valence-electron chi connectivity index (χ1n) is 5.78. The molecule has 1 aromatic carbocycles. The van der Waals surface area contributed by atoms with Crippen molar-refractivity contribution in [3.05, 3.63) is 34.6 Å². The van der Waals surface area contributed by atoms with Crippen molar-refractivity contribution in [2.75, 3.05) is 6.61 Å². The van der Waals surface area contributed by atoms with Gasteiger partial charge in [0.25, 0.3) is 0 Å². The van der Waals surface area contributed by atoms with Gasteiger partial charge in [-0.1, -0.05) is 30.5 Å². The summed E-state index contributed by atoms with van der Waals surface area (Å²) < 4.78 is 13.7. The van der Waals surface area contributed by atoms with E-state index in [9.17, 15) is 9.50 Å². The van der Waals surface area contributed by atoms with Crippen molar-refractivity contribution >= 4 is 11.6 Å². The van der Waals surface area contributed by atoms with E-state index in [0.29, 0.717) is 16.5 Å². The van der Waals surface area contributed by atoms with Gasteiger partial charge in [-0.05, 0) is 30.9 Å². The molecule has 0 saturated heterocycles. The fourth-order valence-corrected chi connectivity index (χ4v) is 3.00. The molecule has 1 fully saturated rings. The maximum absolute atomic E-state index is 13.7. The van der Waals surface area contributed by atoms with E-state index in [1.165, 1.54) is 18.9 Å². The highest BCUT2D eigenvalue weighted by Crippen LogP contribution is 2.40. The molecule has 1 saturated carbocycles. The van der Waals surface area contributed by atoms with Crippen molar-refractivity contribution in [3.8, 4) is 0 Å². The topological polar surface area (TPSA) is 20.2 Å². The number of hydrogen-bond acceptors (Lipinski definition) is 1. The minimum Gasteiger partial charge on any atom is -0.396 e. The molecule has 1 N–H and O–H groups in total. The minimum absolute atomic E-state index is 0.0225. The lowest BCUT2D eigenvalue weighted by Gasteiger charge is -2.23. The number of rotatable bonds is 3. The summed E-state index contributed by atoms with van der Waals surface area (Å²) >= 11 is 6.03. The molecule has 1 aromatic rings. The van der Waals surface area contributed by atoms with Crippen LogP contribution in [-0.2, 0) is 0 Å². The zero-order chi connectivity index (χ0) is 11.5. The summed E-state index contributed by atoms with van der Waals surface area (Å²) in [6, 6.07) is 4.71. The maximum Gasteiger partial charge on any atom is 0.128 e. The van der Waals surface area contributed by atoms with Gasteiger partial charge in [0.2, 0.25) is 0 Å². The molecule has 0 spiro atoms. The summed E-state index contributed by atoms with van der Waals surface area (Å²) in [6.07, 6.45) is 4.48. The molecule has 0 heterocycles. The second kappa shape index (κ2) is 5.15. The monoisotopic (exact) mass is 242 g/mol. The van der Waals surface area contributed by atoms with Gasteiger partial charge in [-0.2, -0.15) is 0 Å². The Bertz CT molecular complexity index is 341. The van der Waals surface area contributed by atoms with Crippen molar-refractivity contribution < 1.29 is 9.50 Å². The minimum atomic E-state index is -0.293. The van der Waals surface area contributed by atoms with Crippen LogP contribution in [0.25, 0.3) is 0 Å². The van der Waals surface area contributed by atoms with Gasteiger partial charge in [-0.25, -0.2) is 4.39 Å². The average Bonchev–Trinajstić information content (AvgIpc) is 2.77. The highest BCUT2D eigenvalue weighted by atomic mass is 35.5. The van der Waals surface area contributed by atoms with Gasteiger partial charge >= 0.3 is 0 Å². The van der Waals surface area contributed by atoms with E-state index < -0.39 is 0 Å². The number of aliphatic hydroxyl groups is 1. The molecule has 0 amide bonds. The molecule has 88 valence electrons. The largest absolute Gasteiger partial charge is 0.396 e. The third-order valence-corrected chi connectivity index (χ3v) is 3.87. The predicted octanol–water partition coefficient (Wildman–Crippen LogP) is 3.75. The summed E-state index contributed by atoms with van der Waals surface area (Å²) in [6.45, 7) is -0.0225. The SMILES string of the molecule is OCC(c1c(F)cccc1Cl)C1CCCC1. The third kappa shape index (κ3) is 2.23. The Labute approximate surface area is 100 Å². The van der Waals surface area contributed by atoms with Crippen LogP contribution in [0.1, 0.15) is 37.2 Å². The normalized spacial score (nSPS) is 18.9. The quantitative estimate of drug-likeness (QED) is 0.856. The molecular formula is C13H16ClFO. The second-order valence-corrected chi connectivity index (χ2v) is 4.88. The number of aliphatic hydroxyl groups excluding tert-OH is 1. The zero-order valence-electron chi connectivity index (χ0n) is 9.13. The molecule has 0 bridgehead atoms. The summed E-state index contributed by atoms with van der Waals surface area (Å²) in [7, 11) is 0. The van der Waals surface area contributed by atoms with E-state index in [-0.39, 0.29) is 18.3 Å². The van der Waals surface area contributed by atoms with Crippen molar-refractivity contribution in [3.63, 3.8) is 0 Å². The van der Waals surface area contributed by atoms with Gasteiger partial charge in [-0.3, -0.25) is 0 Å². The lowest BCUT2D eigenvalue weighted by Crippen LogP contribution is -2.16. The van der Waals surface area contributed by atoms with Crippen LogP contribution >= 0.6 is 11.6 Å².